The average Bonchev–Trinajstić information content (AvgIpc) is 3.01. The minimum absolute atomic E-state index is 0.275. The lowest BCUT2D eigenvalue weighted by Crippen LogP contribution is -2.21. The summed E-state index contributed by atoms with van der Waals surface area (Å²) in [6.07, 6.45) is 0.982. The van der Waals surface area contributed by atoms with Crippen molar-refractivity contribution in [3.8, 4) is 0 Å². The van der Waals surface area contributed by atoms with Gasteiger partial charge in [0.2, 0.25) is 5.28 Å². The van der Waals surface area contributed by atoms with E-state index in [0.717, 1.165) is 41.2 Å². The van der Waals surface area contributed by atoms with Crippen LogP contribution in [0, 0.1) is 6.92 Å². The summed E-state index contributed by atoms with van der Waals surface area (Å²) in [5.41, 5.74) is 3.46. The van der Waals surface area contributed by atoms with Crippen molar-refractivity contribution in [2.24, 2.45) is 0 Å². The van der Waals surface area contributed by atoms with Crippen LogP contribution in [-0.4, -0.2) is 23.1 Å². The second kappa shape index (κ2) is 7.58. The minimum atomic E-state index is 0.275. The lowest BCUT2D eigenvalue weighted by molar-refractivity contribution is 0.866. The number of rotatable bonds is 6. The number of hydrogen-bond acceptors (Lipinski definition) is 5. The zero-order valence-electron chi connectivity index (χ0n) is 15.1. The highest BCUT2D eigenvalue weighted by Gasteiger charge is 2.12. The molecule has 3 rings (SSSR count). The lowest BCUT2D eigenvalue weighted by atomic mass is 10.1. The second-order valence-corrected chi connectivity index (χ2v) is 7.38. The Labute approximate surface area is 157 Å². The van der Waals surface area contributed by atoms with Gasteiger partial charge in [-0.25, -0.2) is 4.98 Å². The number of benzene rings is 1. The molecule has 0 atom stereocenters. The van der Waals surface area contributed by atoms with Crippen LogP contribution in [0.2, 0.25) is 5.28 Å². The summed E-state index contributed by atoms with van der Waals surface area (Å²) in [7, 11) is 0. The van der Waals surface area contributed by atoms with Crippen LogP contribution >= 0.6 is 22.9 Å². The van der Waals surface area contributed by atoms with Gasteiger partial charge in [0.1, 0.15) is 10.6 Å². The van der Waals surface area contributed by atoms with Crippen LogP contribution < -0.4 is 10.2 Å². The van der Waals surface area contributed by atoms with Crippen molar-refractivity contribution < 1.29 is 0 Å². The van der Waals surface area contributed by atoms with E-state index in [4.69, 9.17) is 11.6 Å². The highest BCUT2D eigenvalue weighted by Crippen LogP contribution is 2.33. The van der Waals surface area contributed by atoms with Gasteiger partial charge in [-0.15, -0.1) is 11.3 Å². The van der Waals surface area contributed by atoms with E-state index in [1.165, 1.54) is 16.1 Å². The summed E-state index contributed by atoms with van der Waals surface area (Å²) in [5, 5.41) is 4.75. The van der Waals surface area contributed by atoms with Crippen molar-refractivity contribution in [1.82, 2.24) is 9.97 Å². The minimum Gasteiger partial charge on any atom is -0.372 e. The third-order valence-corrected chi connectivity index (χ3v) is 5.70. The maximum absolute atomic E-state index is 6.12. The van der Waals surface area contributed by atoms with Gasteiger partial charge in [0.05, 0.1) is 5.39 Å². The molecule has 0 fully saturated rings. The molecule has 132 valence electrons. The average molecular weight is 375 g/mol. The SMILES string of the molecule is CCc1cc2c(Nc3ccc(N(CC)CC)cc3C)nc(Cl)nc2s1. The van der Waals surface area contributed by atoms with Gasteiger partial charge in [-0.3, -0.25) is 0 Å². The number of aryl methyl sites for hydroxylation is 2. The Bertz CT molecular complexity index is 887. The van der Waals surface area contributed by atoms with E-state index < -0.39 is 0 Å². The first-order valence-corrected chi connectivity index (χ1v) is 9.83. The number of thiophene rings is 1. The van der Waals surface area contributed by atoms with Crippen molar-refractivity contribution in [2.45, 2.75) is 34.1 Å². The first-order chi connectivity index (χ1) is 12.0. The van der Waals surface area contributed by atoms with Gasteiger partial charge in [0.15, 0.2) is 0 Å². The second-order valence-electron chi connectivity index (χ2n) is 5.92. The van der Waals surface area contributed by atoms with E-state index in [1.54, 1.807) is 11.3 Å². The molecular weight excluding hydrogens is 352 g/mol. The summed E-state index contributed by atoms with van der Waals surface area (Å²) in [6, 6.07) is 8.62. The maximum atomic E-state index is 6.12. The number of hydrogen-bond donors (Lipinski definition) is 1. The smallest absolute Gasteiger partial charge is 0.225 e. The molecule has 25 heavy (non-hydrogen) atoms. The standard InChI is InChI=1S/C19H23ClN4S/c1-5-14-11-15-17(22-19(20)23-18(15)25-14)21-16-9-8-13(10-12(16)4)24(6-2)7-3/h8-11H,5-7H2,1-4H3,(H,21,22,23). The molecule has 1 N–H and O–H groups in total. The van der Waals surface area contributed by atoms with E-state index in [9.17, 15) is 0 Å². The Morgan fingerprint density at radius 2 is 1.88 bits per heavy atom. The monoisotopic (exact) mass is 374 g/mol. The maximum Gasteiger partial charge on any atom is 0.225 e. The molecular formula is C19H23ClN4S. The van der Waals surface area contributed by atoms with Crippen molar-refractivity contribution in [1.29, 1.82) is 0 Å². The Morgan fingerprint density at radius 3 is 2.52 bits per heavy atom. The fourth-order valence-electron chi connectivity index (χ4n) is 2.92. The third-order valence-electron chi connectivity index (χ3n) is 4.36. The molecule has 0 bridgehead atoms. The summed E-state index contributed by atoms with van der Waals surface area (Å²) in [4.78, 5) is 13.3. The number of anilines is 3. The lowest BCUT2D eigenvalue weighted by Gasteiger charge is -2.22. The van der Waals surface area contributed by atoms with Crippen LogP contribution in [-0.2, 0) is 6.42 Å². The Kier molecular flexibility index (Phi) is 5.45. The largest absolute Gasteiger partial charge is 0.372 e. The Hall–Kier alpha value is -1.85. The van der Waals surface area contributed by atoms with Crippen LogP contribution in [0.3, 0.4) is 0 Å². The van der Waals surface area contributed by atoms with E-state index in [0.29, 0.717) is 0 Å². The van der Waals surface area contributed by atoms with E-state index in [1.807, 2.05) is 0 Å². The van der Waals surface area contributed by atoms with Crippen LogP contribution in [0.15, 0.2) is 24.3 Å². The summed E-state index contributed by atoms with van der Waals surface area (Å²) in [5.74, 6) is 0.768. The zero-order valence-corrected chi connectivity index (χ0v) is 16.6. The van der Waals surface area contributed by atoms with Crippen LogP contribution in [0.5, 0.6) is 0 Å². The van der Waals surface area contributed by atoms with Crippen LogP contribution in [0.1, 0.15) is 31.2 Å². The van der Waals surface area contributed by atoms with Crippen LogP contribution in [0.4, 0.5) is 17.2 Å². The highest BCUT2D eigenvalue weighted by molar-refractivity contribution is 7.18. The molecule has 0 unspecified atom stereocenters. The number of aromatic nitrogens is 2. The van der Waals surface area contributed by atoms with Crippen molar-refractivity contribution in [3.05, 3.63) is 40.0 Å². The third kappa shape index (κ3) is 3.72. The Morgan fingerprint density at radius 1 is 1.12 bits per heavy atom. The fourth-order valence-corrected chi connectivity index (χ4v) is 4.10. The number of fused-ring (bicyclic) bond motifs is 1. The molecule has 0 spiro atoms. The van der Waals surface area contributed by atoms with Crippen molar-refractivity contribution >= 4 is 50.3 Å². The van der Waals surface area contributed by atoms with Gasteiger partial charge in [-0.1, -0.05) is 6.92 Å². The molecule has 0 saturated heterocycles. The first-order valence-electron chi connectivity index (χ1n) is 8.64. The topological polar surface area (TPSA) is 41.0 Å². The van der Waals surface area contributed by atoms with Crippen molar-refractivity contribution in [3.63, 3.8) is 0 Å². The summed E-state index contributed by atoms with van der Waals surface area (Å²) >= 11 is 7.79. The van der Waals surface area contributed by atoms with Gasteiger partial charge in [-0.2, -0.15) is 4.98 Å². The van der Waals surface area contributed by atoms with Gasteiger partial charge in [0.25, 0.3) is 0 Å². The predicted octanol–water partition coefficient (Wildman–Crippen LogP) is 5.81. The highest BCUT2D eigenvalue weighted by atomic mass is 35.5. The van der Waals surface area contributed by atoms with Gasteiger partial charge >= 0.3 is 0 Å². The van der Waals surface area contributed by atoms with Crippen LogP contribution in [0.25, 0.3) is 10.2 Å². The molecule has 0 amide bonds. The number of nitrogens with zero attached hydrogens (tertiary/aromatic N) is 3. The van der Waals surface area contributed by atoms with Gasteiger partial charge in [0, 0.05) is 29.3 Å². The normalized spacial score (nSPS) is 11.1. The molecule has 0 aliphatic rings. The van der Waals surface area contributed by atoms with Gasteiger partial charge < -0.3 is 10.2 Å². The molecule has 0 aliphatic heterocycles. The number of halogens is 1. The molecule has 4 nitrogen and oxygen atoms in total. The first kappa shape index (κ1) is 18.0. The Balaban J connectivity index is 1.97. The predicted molar refractivity (Wildman–Crippen MR) is 110 cm³/mol. The molecule has 6 heteroatoms. The van der Waals surface area contributed by atoms with Gasteiger partial charge in [-0.05, 0) is 68.6 Å². The molecule has 2 heterocycles. The quantitative estimate of drug-likeness (QED) is 0.553. The summed E-state index contributed by atoms with van der Waals surface area (Å²) in [6.45, 7) is 10.6. The van der Waals surface area contributed by atoms with E-state index in [2.05, 4.69) is 72.1 Å². The molecule has 1 aromatic carbocycles. The molecule has 0 aliphatic carbocycles. The van der Waals surface area contributed by atoms with Crippen molar-refractivity contribution in [2.75, 3.05) is 23.3 Å². The molecule has 2 aromatic heterocycles. The molecule has 3 aromatic rings. The van der Waals surface area contributed by atoms with E-state index in [-0.39, 0.29) is 5.28 Å². The zero-order chi connectivity index (χ0) is 18.0. The summed E-state index contributed by atoms with van der Waals surface area (Å²) < 4.78 is 0. The molecule has 0 saturated carbocycles. The number of nitrogens with one attached hydrogen (secondary N) is 1. The van der Waals surface area contributed by atoms with E-state index >= 15 is 0 Å². The molecule has 0 radical (unpaired) electrons. The fraction of sp³-hybridized carbons (Fsp3) is 0.368.